The molecule has 2 N–H and O–H groups in total. The van der Waals surface area contributed by atoms with Gasteiger partial charge in [-0.1, -0.05) is 0 Å². The van der Waals surface area contributed by atoms with Crippen molar-refractivity contribution in [1.82, 2.24) is 4.31 Å². The fourth-order valence-corrected chi connectivity index (χ4v) is 3.45. The molecule has 0 aliphatic carbocycles. The number of sulfonamides is 1. The van der Waals surface area contributed by atoms with E-state index in [0.717, 1.165) is 12.8 Å². The van der Waals surface area contributed by atoms with Gasteiger partial charge in [0.15, 0.2) is 0 Å². The first-order valence-corrected chi connectivity index (χ1v) is 7.37. The van der Waals surface area contributed by atoms with Crippen LogP contribution in [0, 0.1) is 0 Å². The van der Waals surface area contributed by atoms with Gasteiger partial charge in [-0.05, 0) is 19.3 Å². The van der Waals surface area contributed by atoms with E-state index in [1.807, 2.05) is 0 Å². The van der Waals surface area contributed by atoms with Gasteiger partial charge in [0.05, 0.1) is 12.9 Å². The van der Waals surface area contributed by atoms with Crippen LogP contribution in [0.4, 0.5) is 0 Å². The first-order chi connectivity index (χ1) is 7.95. The average molecular weight is 264 g/mol. The third kappa shape index (κ3) is 4.61. The molecule has 0 radical (unpaired) electrons. The number of rotatable bonds is 5. The van der Waals surface area contributed by atoms with Crippen molar-refractivity contribution >= 4 is 16.0 Å². The highest BCUT2D eigenvalue weighted by molar-refractivity contribution is 7.89. The standard InChI is InChI=1S/C10H20N2O4S/c1-16-10(13)5-3-7-17(14,15)12-6-2-4-9(11)8-12/h9H,2-8,11H2,1H3. The van der Waals surface area contributed by atoms with Crippen LogP contribution in [0.3, 0.4) is 0 Å². The number of ether oxygens (including phenoxy) is 1. The normalized spacial score (nSPS) is 22.4. The van der Waals surface area contributed by atoms with Gasteiger partial charge in [-0.2, -0.15) is 0 Å². The summed E-state index contributed by atoms with van der Waals surface area (Å²) in [6.07, 6.45) is 2.10. The zero-order chi connectivity index (χ0) is 12.9. The van der Waals surface area contributed by atoms with E-state index in [0.29, 0.717) is 19.5 Å². The first kappa shape index (κ1) is 14.4. The summed E-state index contributed by atoms with van der Waals surface area (Å²) in [6.45, 7) is 0.925. The number of nitrogens with zero attached hydrogens (tertiary/aromatic N) is 1. The minimum Gasteiger partial charge on any atom is -0.469 e. The Bertz CT molecular complexity index is 355. The van der Waals surface area contributed by atoms with Crippen molar-refractivity contribution in [1.29, 1.82) is 0 Å². The average Bonchev–Trinajstić information content (AvgIpc) is 2.28. The molecular weight excluding hydrogens is 244 g/mol. The van der Waals surface area contributed by atoms with Gasteiger partial charge in [0.1, 0.15) is 0 Å². The molecular formula is C10H20N2O4S. The largest absolute Gasteiger partial charge is 0.469 e. The Kier molecular flexibility index (Phi) is 5.35. The molecule has 1 fully saturated rings. The monoisotopic (exact) mass is 264 g/mol. The predicted molar refractivity (Wildman–Crippen MR) is 63.8 cm³/mol. The molecule has 17 heavy (non-hydrogen) atoms. The number of esters is 1. The van der Waals surface area contributed by atoms with E-state index in [9.17, 15) is 13.2 Å². The maximum absolute atomic E-state index is 11.9. The maximum atomic E-state index is 11.9. The Morgan fingerprint density at radius 2 is 2.24 bits per heavy atom. The predicted octanol–water partition coefficient (Wildman–Crippen LogP) is -0.307. The summed E-state index contributed by atoms with van der Waals surface area (Å²) in [4.78, 5) is 10.9. The lowest BCUT2D eigenvalue weighted by molar-refractivity contribution is -0.140. The molecule has 1 rings (SSSR count). The van der Waals surface area contributed by atoms with Crippen molar-refractivity contribution < 1.29 is 17.9 Å². The van der Waals surface area contributed by atoms with Gasteiger partial charge in [0, 0.05) is 25.6 Å². The second-order valence-electron chi connectivity index (χ2n) is 4.26. The molecule has 1 unspecified atom stereocenters. The van der Waals surface area contributed by atoms with Crippen LogP contribution in [0.5, 0.6) is 0 Å². The molecule has 0 bridgehead atoms. The van der Waals surface area contributed by atoms with E-state index in [2.05, 4.69) is 4.74 Å². The SMILES string of the molecule is COC(=O)CCCS(=O)(=O)N1CCCC(N)C1. The summed E-state index contributed by atoms with van der Waals surface area (Å²) < 4.78 is 29.7. The molecule has 100 valence electrons. The summed E-state index contributed by atoms with van der Waals surface area (Å²) >= 11 is 0. The quantitative estimate of drug-likeness (QED) is 0.688. The molecule has 1 atom stereocenters. The molecule has 0 amide bonds. The van der Waals surface area contributed by atoms with Crippen molar-refractivity contribution in [3.63, 3.8) is 0 Å². The number of methoxy groups -OCH3 is 1. The lowest BCUT2D eigenvalue weighted by Crippen LogP contribution is -2.46. The Labute approximate surface area is 102 Å². The zero-order valence-electron chi connectivity index (χ0n) is 10.1. The van der Waals surface area contributed by atoms with Crippen LogP contribution in [0.2, 0.25) is 0 Å². The molecule has 6 nitrogen and oxygen atoms in total. The van der Waals surface area contributed by atoms with E-state index in [1.54, 1.807) is 0 Å². The number of nitrogens with two attached hydrogens (primary N) is 1. The fourth-order valence-electron chi connectivity index (χ4n) is 1.86. The molecule has 0 spiro atoms. The third-order valence-electron chi connectivity index (χ3n) is 2.82. The highest BCUT2D eigenvalue weighted by Gasteiger charge is 2.26. The molecule has 7 heteroatoms. The van der Waals surface area contributed by atoms with Crippen LogP contribution < -0.4 is 5.73 Å². The number of piperidine rings is 1. The molecule has 1 aliphatic heterocycles. The Morgan fingerprint density at radius 1 is 1.53 bits per heavy atom. The summed E-state index contributed by atoms with van der Waals surface area (Å²) in [5, 5.41) is 0. The molecule has 1 aliphatic rings. The van der Waals surface area contributed by atoms with Crippen molar-refractivity contribution in [3.05, 3.63) is 0 Å². The van der Waals surface area contributed by atoms with E-state index in [1.165, 1.54) is 11.4 Å². The Morgan fingerprint density at radius 3 is 2.82 bits per heavy atom. The number of carbonyl (C=O) groups is 1. The third-order valence-corrected chi connectivity index (χ3v) is 4.75. The van der Waals surface area contributed by atoms with Gasteiger partial charge in [-0.15, -0.1) is 0 Å². The van der Waals surface area contributed by atoms with Crippen LogP contribution >= 0.6 is 0 Å². The molecule has 0 aromatic rings. The number of hydrogen-bond acceptors (Lipinski definition) is 5. The van der Waals surface area contributed by atoms with Gasteiger partial charge in [-0.3, -0.25) is 4.79 Å². The van der Waals surface area contributed by atoms with E-state index in [-0.39, 0.29) is 24.2 Å². The molecule has 1 saturated heterocycles. The summed E-state index contributed by atoms with van der Waals surface area (Å²) in [6, 6.07) is -0.0702. The minimum absolute atomic E-state index is 0.0190. The van der Waals surface area contributed by atoms with Gasteiger partial charge in [0.2, 0.25) is 10.0 Å². The summed E-state index contributed by atoms with van der Waals surface area (Å²) in [7, 11) is -1.98. The lowest BCUT2D eigenvalue weighted by Gasteiger charge is -2.29. The van der Waals surface area contributed by atoms with Crippen molar-refractivity contribution in [2.45, 2.75) is 31.7 Å². The molecule has 0 aromatic carbocycles. The van der Waals surface area contributed by atoms with Crippen molar-refractivity contribution in [3.8, 4) is 0 Å². The first-order valence-electron chi connectivity index (χ1n) is 5.76. The zero-order valence-corrected chi connectivity index (χ0v) is 10.9. The fraction of sp³-hybridized carbons (Fsp3) is 0.900. The summed E-state index contributed by atoms with van der Waals surface area (Å²) in [5.41, 5.74) is 5.74. The lowest BCUT2D eigenvalue weighted by atomic mass is 10.1. The highest BCUT2D eigenvalue weighted by Crippen LogP contribution is 2.14. The maximum Gasteiger partial charge on any atom is 0.305 e. The van der Waals surface area contributed by atoms with Gasteiger partial charge < -0.3 is 10.5 Å². The number of carbonyl (C=O) groups excluding carboxylic acids is 1. The van der Waals surface area contributed by atoms with Gasteiger partial charge >= 0.3 is 5.97 Å². The van der Waals surface area contributed by atoms with Crippen LogP contribution in [0.25, 0.3) is 0 Å². The van der Waals surface area contributed by atoms with Gasteiger partial charge in [0.25, 0.3) is 0 Å². The Hall–Kier alpha value is -0.660. The minimum atomic E-state index is -3.27. The molecule has 0 saturated carbocycles. The summed E-state index contributed by atoms with van der Waals surface area (Å²) in [5.74, 6) is -0.398. The topological polar surface area (TPSA) is 89.7 Å². The van der Waals surface area contributed by atoms with Crippen LogP contribution in [0.15, 0.2) is 0 Å². The van der Waals surface area contributed by atoms with Crippen molar-refractivity contribution in [2.24, 2.45) is 5.73 Å². The smallest absolute Gasteiger partial charge is 0.305 e. The second-order valence-corrected chi connectivity index (χ2v) is 6.34. The Balaban J connectivity index is 2.42. The molecule has 1 heterocycles. The van der Waals surface area contributed by atoms with Crippen LogP contribution in [-0.4, -0.2) is 50.7 Å². The van der Waals surface area contributed by atoms with Crippen molar-refractivity contribution in [2.75, 3.05) is 26.0 Å². The number of hydrogen-bond donors (Lipinski definition) is 1. The second kappa shape index (κ2) is 6.32. The highest BCUT2D eigenvalue weighted by atomic mass is 32.2. The van der Waals surface area contributed by atoms with E-state index < -0.39 is 10.0 Å². The van der Waals surface area contributed by atoms with Crippen LogP contribution in [-0.2, 0) is 19.6 Å². The van der Waals surface area contributed by atoms with E-state index >= 15 is 0 Å². The van der Waals surface area contributed by atoms with Crippen LogP contribution in [0.1, 0.15) is 25.7 Å². The van der Waals surface area contributed by atoms with Gasteiger partial charge in [-0.25, -0.2) is 12.7 Å². The molecule has 0 aromatic heterocycles. The van der Waals surface area contributed by atoms with E-state index in [4.69, 9.17) is 5.73 Å².